The van der Waals surface area contributed by atoms with Crippen molar-refractivity contribution in [1.29, 1.82) is 0 Å². The monoisotopic (exact) mass is 260 g/mol. The van der Waals surface area contributed by atoms with Gasteiger partial charge in [0.1, 0.15) is 6.23 Å². The summed E-state index contributed by atoms with van der Waals surface area (Å²) >= 11 is 0. The van der Waals surface area contributed by atoms with Crippen molar-refractivity contribution in [1.82, 2.24) is 14.8 Å². The van der Waals surface area contributed by atoms with Crippen molar-refractivity contribution in [3.8, 4) is 11.3 Å². The number of aliphatic hydroxyl groups is 1. The van der Waals surface area contributed by atoms with Gasteiger partial charge in [-0.25, -0.2) is 0 Å². The molecule has 0 spiro atoms. The highest BCUT2D eigenvalue weighted by atomic mass is 16.3. The summed E-state index contributed by atoms with van der Waals surface area (Å²) < 4.78 is 1.80. The van der Waals surface area contributed by atoms with Gasteiger partial charge in [0.15, 0.2) is 5.82 Å². The fourth-order valence-corrected chi connectivity index (χ4v) is 1.99. The van der Waals surface area contributed by atoms with Gasteiger partial charge >= 0.3 is 0 Å². The maximum absolute atomic E-state index is 10.1. The molecule has 0 saturated heterocycles. The zero-order valence-electron chi connectivity index (χ0n) is 11.8. The first kappa shape index (κ1) is 13.5. The third kappa shape index (κ3) is 2.76. The summed E-state index contributed by atoms with van der Waals surface area (Å²) in [6, 6.07) is 5.85. The van der Waals surface area contributed by atoms with E-state index in [-0.39, 0.29) is 5.92 Å². The van der Waals surface area contributed by atoms with Crippen molar-refractivity contribution in [3.63, 3.8) is 0 Å². The molecule has 1 unspecified atom stereocenters. The molecule has 1 atom stereocenters. The molecule has 0 bridgehead atoms. The molecule has 0 radical (unpaired) electrons. The lowest BCUT2D eigenvalue weighted by Gasteiger charge is -2.26. The van der Waals surface area contributed by atoms with Crippen LogP contribution in [-0.2, 0) is 7.05 Å². The number of hydrogen-bond acceptors (Lipinski definition) is 4. The molecule has 1 N–H and O–H groups in total. The number of aryl methyl sites for hydroxylation is 1. The van der Waals surface area contributed by atoms with Gasteiger partial charge in [0.05, 0.1) is 5.69 Å². The Kier molecular flexibility index (Phi) is 3.85. The Labute approximate surface area is 113 Å². The van der Waals surface area contributed by atoms with Gasteiger partial charge < -0.3 is 10.0 Å². The molecule has 0 aromatic carbocycles. The maximum Gasteiger partial charge on any atom is 0.152 e. The molecule has 2 aromatic heterocycles. The lowest BCUT2D eigenvalue weighted by molar-refractivity contribution is 0.125. The third-order valence-corrected chi connectivity index (χ3v) is 3.18. The molecule has 0 fully saturated rings. The Morgan fingerprint density at radius 3 is 2.68 bits per heavy atom. The lowest BCUT2D eigenvalue weighted by Crippen LogP contribution is -2.35. The Morgan fingerprint density at radius 1 is 1.37 bits per heavy atom. The van der Waals surface area contributed by atoms with Crippen LogP contribution in [-0.4, -0.2) is 33.1 Å². The highest BCUT2D eigenvalue weighted by molar-refractivity contribution is 5.62. The van der Waals surface area contributed by atoms with Gasteiger partial charge in [0, 0.05) is 38.1 Å². The normalized spacial score (nSPS) is 12.7. The van der Waals surface area contributed by atoms with Crippen molar-refractivity contribution < 1.29 is 5.11 Å². The fraction of sp³-hybridized carbons (Fsp3) is 0.429. The summed E-state index contributed by atoms with van der Waals surface area (Å²) in [4.78, 5) is 5.90. The number of pyridine rings is 1. The largest absolute Gasteiger partial charge is 0.373 e. The van der Waals surface area contributed by atoms with Crippen molar-refractivity contribution in [2.75, 3.05) is 11.9 Å². The van der Waals surface area contributed by atoms with Crippen LogP contribution >= 0.6 is 0 Å². The van der Waals surface area contributed by atoms with Gasteiger partial charge in [-0.3, -0.25) is 9.67 Å². The molecule has 2 heterocycles. The van der Waals surface area contributed by atoms with Crippen LogP contribution in [0.15, 0.2) is 30.6 Å². The molecule has 0 aliphatic carbocycles. The quantitative estimate of drug-likeness (QED) is 0.853. The van der Waals surface area contributed by atoms with Crippen LogP contribution in [0.4, 0.5) is 5.82 Å². The Bertz CT molecular complexity index is 536. The Hall–Kier alpha value is -1.88. The highest BCUT2D eigenvalue weighted by Crippen LogP contribution is 2.24. The van der Waals surface area contributed by atoms with Gasteiger partial charge in [-0.2, -0.15) is 5.10 Å². The predicted octanol–water partition coefficient (Wildman–Crippen LogP) is 1.89. The van der Waals surface area contributed by atoms with Crippen LogP contribution in [0.25, 0.3) is 11.3 Å². The minimum absolute atomic E-state index is 0.147. The van der Waals surface area contributed by atoms with Crippen LogP contribution < -0.4 is 4.90 Å². The predicted molar refractivity (Wildman–Crippen MR) is 75.7 cm³/mol. The first-order valence-electron chi connectivity index (χ1n) is 6.36. The number of aliphatic hydroxyl groups excluding tert-OH is 1. The van der Waals surface area contributed by atoms with E-state index in [2.05, 4.69) is 10.1 Å². The summed E-state index contributed by atoms with van der Waals surface area (Å²) in [5.74, 6) is 0.899. The average Bonchev–Trinajstić information content (AvgIpc) is 2.80. The molecular weight excluding hydrogens is 240 g/mol. The molecular formula is C14H20N4O. The summed E-state index contributed by atoms with van der Waals surface area (Å²) in [6.45, 7) is 3.96. The molecule has 5 heteroatoms. The van der Waals surface area contributed by atoms with Gasteiger partial charge in [0.2, 0.25) is 0 Å². The van der Waals surface area contributed by atoms with Crippen molar-refractivity contribution >= 4 is 5.82 Å². The second-order valence-corrected chi connectivity index (χ2v) is 5.02. The highest BCUT2D eigenvalue weighted by Gasteiger charge is 2.19. The van der Waals surface area contributed by atoms with E-state index in [1.54, 1.807) is 22.0 Å². The summed E-state index contributed by atoms with van der Waals surface area (Å²) in [7, 11) is 3.74. The standard InChI is InChI=1S/C14H20N4O/c1-10(2)14(19)17(3)13-8-12(18(4)16-13)11-6-5-7-15-9-11/h5-10,14,19H,1-4H3. The number of hydrogen-bond donors (Lipinski definition) is 1. The summed E-state index contributed by atoms with van der Waals surface area (Å²) in [5.41, 5.74) is 1.99. The summed E-state index contributed by atoms with van der Waals surface area (Å²) in [6.07, 6.45) is 3.01. The van der Waals surface area contributed by atoms with Crippen LogP contribution in [0.2, 0.25) is 0 Å². The maximum atomic E-state index is 10.1. The SMILES string of the molecule is CC(C)C(O)N(C)c1cc(-c2cccnc2)n(C)n1. The number of aromatic nitrogens is 3. The average molecular weight is 260 g/mol. The molecule has 0 aliphatic heterocycles. The van der Waals surface area contributed by atoms with E-state index in [4.69, 9.17) is 0 Å². The molecule has 5 nitrogen and oxygen atoms in total. The Morgan fingerprint density at radius 2 is 2.11 bits per heavy atom. The van der Waals surface area contributed by atoms with E-state index in [1.165, 1.54) is 0 Å². The van der Waals surface area contributed by atoms with Crippen molar-refractivity contribution in [3.05, 3.63) is 30.6 Å². The molecule has 19 heavy (non-hydrogen) atoms. The zero-order chi connectivity index (χ0) is 14.0. The second kappa shape index (κ2) is 5.40. The first-order chi connectivity index (χ1) is 9.00. The lowest BCUT2D eigenvalue weighted by atomic mass is 10.1. The number of anilines is 1. The number of nitrogens with zero attached hydrogens (tertiary/aromatic N) is 4. The summed E-state index contributed by atoms with van der Waals surface area (Å²) in [5, 5.41) is 14.5. The van der Waals surface area contributed by atoms with Crippen molar-refractivity contribution in [2.24, 2.45) is 13.0 Å². The molecule has 102 valence electrons. The van der Waals surface area contributed by atoms with Crippen LogP contribution in [0.1, 0.15) is 13.8 Å². The molecule has 0 saturated carbocycles. The van der Waals surface area contributed by atoms with E-state index >= 15 is 0 Å². The number of rotatable bonds is 4. The van der Waals surface area contributed by atoms with E-state index in [0.29, 0.717) is 0 Å². The van der Waals surface area contributed by atoms with Gasteiger partial charge in [-0.15, -0.1) is 0 Å². The smallest absolute Gasteiger partial charge is 0.152 e. The Balaban J connectivity index is 2.32. The molecule has 0 aliphatic rings. The van der Waals surface area contributed by atoms with Crippen molar-refractivity contribution in [2.45, 2.75) is 20.1 Å². The minimum atomic E-state index is -0.545. The second-order valence-electron chi connectivity index (χ2n) is 5.02. The van der Waals surface area contributed by atoms with Gasteiger partial charge in [0.25, 0.3) is 0 Å². The molecule has 2 rings (SSSR count). The fourth-order valence-electron chi connectivity index (χ4n) is 1.99. The molecule has 0 amide bonds. The van der Waals surface area contributed by atoms with Gasteiger partial charge in [-0.1, -0.05) is 13.8 Å². The van der Waals surface area contributed by atoms with E-state index < -0.39 is 6.23 Å². The zero-order valence-corrected chi connectivity index (χ0v) is 11.8. The van der Waals surface area contributed by atoms with E-state index in [9.17, 15) is 5.11 Å². The molecule has 2 aromatic rings. The van der Waals surface area contributed by atoms with E-state index in [1.807, 2.05) is 46.1 Å². The van der Waals surface area contributed by atoms with Crippen LogP contribution in [0, 0.1) is 5.92 Å². The van der Waals surface area contributed by atoms with Crippen LogP contribution in [0.5, 0.6) is 0 Å². The minimum Gasteiger partial charge on any atom is -0.373 e. The third-order valence-electron chi connectivity index (χ3n) is 3.18. The first-order valence-corrected chi connectivity index (χ1v) is 6.36. The topological polar surface area (TPSA) is 54.2 Å². The van der Waals surface area contributed by atoms with Crippen LogP contribution in [0.3, 0.4) is 0 Å². The van der Waals surface area contributed by atoms with Gasteiger partial charge in [-0.05, 0) is 18.1 Å². The van der Waals surface area contributed by atoms with E-state index in [0.717, 1.165) is 17.1 Å².